The molecule has 0 bridgehead atoms. The van der Waals surface area contributed by atoms with Crippen LogP contribution in [0.2, 0.25) is 0 Å². The molecule has 1 aromatic rings. The molecule has 0 saturated carbocycles. The predicted molar refractivity (Wildman–Crippen MR) is 80.4 cm³/mol. The van der Waals surface area contributed by atoms with Crippen LogP contribution in [0.25, 0.3) is 0 Å². The third kappa shape index (κ3) is 5.45. The molecule has 1 aromatic carbocycles. The molecule has 5 nitrogen and oxygen atoms in total. The fourth-order valence-electron chi connectivity index (χ4n) is 1.78. The molecule has 0 heterocycles. The topological polar surface area (TPSA) is 55.8 Å². The van der Waals surface area contributed by atoms with Gasteiger partial charge < -0.3 is 14.4 Å². The van der Waals surface area contributed by atoms with Gasteiger partial charge in [-0.25, -0.2) is 4.79 Å². The minimum absolute atomic E-state index is 0.199. The maximum atomic E-state index is 11.6. The Morgan fingerprint density at radius 2 is 1.86 bits per heavy atom. The highest BCUT2D eigenvalue weighted by Crippen LogP contribution is 2.23. The van der Waals surface area contributed by atoms with Gasteiger partial charge in [-0.05, 0) is 37.0 Å². The smallest absolute Gasteiger partial charge is 0.414 e. The zero-order valence-corrected chi connectivity index (χ0v) is 13.1. The third-order valence-corrected chi connectivity index (χ3v) is 3.45. The number of carbonyl (C=O) groups is 2. The van der Waals surface area contributed by atoms with Crippen LogP contribution >= 0.6 is 0 Å². The van der Waals surface area contributed by atoms with Gasteiger partial charge in [0.15, 0.2) is 0 Å². The summed E-state index contributed by atoms with van der Waals surface area (Å²) in [5.41, 5.74) is 1.10. The Morgan fingerprint density at radius 1 is 1.24 bits per heavy atom. The SMILES string of the molecule is CCN(C)C(=O)Oc1ccc(C(C)CCC(=O)OC)cc1. The van der Waals surface area contributed by atoms with Crippen molar-refractivity contribution >= 4 is 12.1 Å². The number of hydrogen-bond acceptors (Lipinski definition) is 4. The number of hydrogen-bond donors (Lipinski definition) is 0. The molecule has 0 aromatic heterocycles. The van der Waals surface area contributed by atoms with Crippen molar-refractivity contribution in [3.63, 3.8) is 0 Å². The van der Waals surface area contributed by atoms with E-state index in [0.717, 1.165) is 12.0 Å². The highest BCUT2D eigenvalue weighted by Gasteiger charge is 2.11. The van der Waals surface area contributed by atoms with Crippen LogP contribution in [0.5, 0.6) is 5.75 Å². The molecule has 0 saturated heterocycles. The summed E-state index contributed by atoms with van der Waals surface area (Å²) in [5.74, 6) is 0.561. The molecule has 21 heavy (non-hydrogen) atoms. The first-order valence-electron chi connectivity index (χ1n) is 7.07. The average molecular weight is 293 g/mol. The minimum Gasteiger partial charge on any atom is -0.469 e. The second kappa shape index (κ2) is 8.29. The van der Waals surface area contributed by atoms with E-state index < -0.39 is 0 Å². The average Bonchev–Trinajstić information content (AvgIpc) is 2.51. The lowest BCUT2D eigenvalue weighted by Gasteiger charge is -2.15. The van der Waals surface area contributed by atoms with Crippen molar-refractivity contribution in [2.45, 2.75) is 32.6 Å². The first kappa shape index (κ1) is 17.0. The molecule has 116 valence electrons. The van der Waals surface area contributed by atoms with Gasteiger partial charge in [0.05, 0.1) is 7.11 Å². The zero-order chi connectivity index (χ0) is 15.8. The summed E-state index contributed by atoms with van der Waals surface area (Å²) in [4.78, 5) is 24.2. The van der Waals surface area contributed by atoms with Gasteiger partial charge >= 0.3 is 12.1 Å². The van der Waals surface area contributed by atoms with Crippen LogP contribution in [-0.2, 0) is 9.53 Å². The van der Waals surface area contributed by atoms with Gasteiger partial charge in [0.2, 0.25) is 0 Å². The zero-order valence-electron chi connectivity index (χ0n) is 13.1. The molecule has 0 aliphatic heterocycles. The lowest BCUT2D eigenvalue weighted by molar-refractivity contribution is -0.140. The van der Waals surface area contributed by atoms with Crippen LogP contribution in [0, 0.1) is 0 Å². The molecule has 0 aliphatic rings. The molecular weight excluding hydrogens is 270 g/mol. The lowest BCUT2D eigenvalue weighted by Crippen LogP contribution is -2.29. The largest absolute Gasteiger partial charge is 0.469 e. The normalized spacial score (nSPS) is 11.6. The van der Waals surface area contributed by atoms with Crippen LogP contribution in [0.15, 0.2) is 24.3 Å². The van der Waals surface area contributed by atoms with Crippen molar-refractivity contribution in [2.24, 2.45) is 0 Å². The van der Waals surface area contributed by atoms with Gasteiger partial charge in [0.1, 0.15) is 5.75 Å². The van der Waals surface area contributed by atoms with E-state index in [1.54, 1.807) is 19.2 Å². The summed E-state index contributed by atoms with van der Waals surface area (Å²) in [6, 6.07) is 7.36. The Balaban J connectivity index is 2.57. The van der Waals surface area contributed by atoms with Gasteiger partial charge in [-0.15, -0.1) is 0 Å². The van der Waals surface area contributed by atoms with E-state index in [0.29, 0.717) is 18.7 Å². The summed E-state index contributed by atoms with van der Waals surface area (Å²) in [7, 11) is 3.08. The Hall–Kier alpha value is -2.04. The summed E-state index contributed by atoms with van der Waals surface area (Å²) in [5, 5.41) is 0. The molecule has 1 amide bonds. The predicted octanol–water partition coefficient (Wildman–Crippen LogP) is 3.19. The molecule has 1 atom stereocenters. The van der Waals surface area contributed by atoms with E-state index in [1.807, 2.05) is 19.1 Å². The number of ether oxygens (including phenoxy) is 2. The number of methoxy groups -OCH3 is 1. The molecular formula is C16H23NO4. The standard InChI is InChI=1S/C16H23NO4/c1-5-17(3)16(19)21-14-9-7-13(8-10-14)12(2)6-11-15(18)20-4/h7-10,12H,5-6,11H2,1-4H3. The number of benzene rings is 1. The fraction of sp³-hybridized carbons (Fsp3) is 0.500. The van der Waals surface area contributed by atoms with Crippen molar-refractivity contribution in [1.29, 1.82) is 0 Å². The lowest BCUT2D eigenvalue weighted by atomic mass is 9.96. The van der Waals surface area contributed by atoms with Gasteiger partial charge in [-0.3, -0.25) is 4.79 Å². The maximum Gasteiger partial charge on any atom is 0.414 e. The molecule has 1 unspecified atom stereocenters. The second-order valence-corrected chi connectivity index (χ2v) is 4.97. The molecule has 5 heteroatoms. The second-order valence-electron chi connectivity index (χ2n) is 4.97. The van der Waals surface area contributed by atoms with Crippen LogP contribution in [-0.4, -0.2) is 37.7 Å². The van der Waals surface area contributed by atoms with Crippen molar-refractivity contribution in [3.05, 3.63) is 29.8 Å². The van der Waals surface area contributed by atoms with Crippen LogP contribution in [0.1, 0.15) is 38.2 Å². The van der Waals surface area contributed by atoms with E-state index in [9.17, 15) is 9.59 Å². The summed E-state index contributed by atoms with van der Waals surface area (Å²) < 4.78 is 9.86. The van der Waals surface area contributed by atoms with Crippen molar-refractivity contribution in [1.82, 2.24) is 4.90 Å². The number of esters is 1. The minimum atomic E-state index is -0.371. The quantitative estimate of drug-likeness (QED) is 0.756. The molecule has 0 spiro atoms. The van der Waals surface area contributed by atoms with Gasteiger partial charge in [-0.2, -0.15) is 0 Å². The van der Waals surface area contributed by atoms with Crippen molar-refractivity contribution < 1.29 is 19.1 Å². The number of rotatable bonds is 6. The van der Waals surface area contributed by atoms with Crippen LogP contribution in [0.4, 0.5) is 4.79 Å². The van der Waals surface area contributed by atoms with E-state index in [2.05, 4.69) is 11.7 Å². The van der Waals surface area contributed by atoms with E-state index in [4.69, 9.17) is 4.74 Å². The first-order chi connectivity index (χ1) is 9.97. The Morgan fingerprint density at radius 3 is 2.38 bits per heavy atom. The van der Waals surface area contributed by atoms with Gasteiger partial charge in [0, 0.05) is 20.0 Å². The number of carbonyl (C=O) groups excluding carboxylic acids is 2. The Kier molecular flexibility index (Phi) is 6.72. The third-order valence-electron chi connectivity index (χ3n) is 3.45. The van der Waals surface area contributed by atoms with E-state index in [1.165, 1.54) is 12.0 Å². The maximum absolute atomic E-state index is 11.6. The number of nitrogens with zero attached hydrogens (tertiary/aromatic N) is 1. The summed E-state index contributed by atoms with van der Waals surface area (Å²) >= 11 is 0. The van der Waals surface area contributed by atoms with Crippen molar-refractivity contribution in [2.75, 3.05) is 20.7 Å². The molecule has 0 radical (unpaired) electrons. The molecule has 1 rings (SSSR count). The van der Waals surface area contributed by atoms with Crippen molar-refractivity contribution in [3.8, 4) is 5.75 Å². The summed E-state index contributed by atoms with van der Waals surface area (Å²) in [6.45, 7) is 4.53. The monoisotopic (exact) mass is 293 g/mol. The van der Waals surface area contributed by atoms with E-state index in [-0.39, 0.29) is 18.0 Å². The molecule has 0 fully saturated rings. The Bertz CT molecular complexity index is 470. The molecule has 0 aliphatic carbocycles. The Labute approximate surface area is 125 Å². The highest BCUT2D eigenvalue weighted by atomic mass is 16.6. The van der Waals surface area contributed by atoms with Crippen LogP contribution in [0.3, 0.4) is 0 Å². The number of amides is 1. The highest BCUT2D eigenvalue weighted by molar-refractivity contribution is 5.70. The van der Waals surface area contributed by atoms with Gasteiger partial charge in [0.25, 0.3) is 0 Å². The fourth-order valence-corrected chi connectivity index (χ4v) is 1.78. The first-order valence-corrected chi connectivity index (χ1v) is 7.07. The van der Waals surface area contributed by atoms with Gasteiger partial charge in [-0.1, -0.05) is 19.1 Å². The molecule has 0 N–H and O–H groups in total. The van der Waals surface area contributed by atoms with Crippen LogP contribution < -0.4 is 4.74 Å². The van der Waals surface area contributed by atoms with E-state index >= 15 is 0 Å². The summed E-state index contributed by atoms with van der Waals surface area (Å²) in [6.07, 6.45) is 0.754.